The van der Waals surface area contributed by atoms with E-state index in [9.17, 15) is 4.89 Å². The van der Waals surface area contributed by atoms with Crippen LogP contribution in [0.2, 0.25) is 0 Å². The monoisotopic (exact) mass is 400 g/mol. The predicted octanol–water partition coefficient (Wildman–Crippen LogP) is 5.20. The lowest BCUT2D eigenvalue weighted by molar-refractivity contribution is -0.149. The number of rotatable bonds is 10. The van der Waals surface area contributed by atoms with Crippen LogP contribution in [-0.4, -0.2) is 19.0 Å². The van der Waals surface area contributed by atoms with Gasteiger partial charge in [0, 0.05) is 11.6 Å². The zero-order valence-corrected chi connectivity index (χ0v) is 18.8. The fourth-order valence-electron chi connectivity index (χ4n) is 3.12. The van der Waals surface area contributed by atoms with Crippen molar-refractivity contribution in [2.45, 2.75) is 60.3 Å². The van der Waals surface area contributed by atoms with Gasteiger partial charge in [-0.2, -0.15) is 0 Å². The van der Waals surface area contributed by atoms with E-state index in [1.54, 1.807) is 0 Å². The van der Waals surface area contributed by atoms with E-state index in [0.717, 1.165) is 53.4 Å². The largest absolute Gasteiger partial charge is 0.626 e. The summed E-state index contributed by atoms with van der Waals surface area (Å²) in [5, 5.41) is 0.730. The van der Waals surface area contributed by atoms with Crippen molar-refractivity contribution in [1.82, 2.24) is 0 Å². The Balaban J connectivity index is 2.35. The molecule has 0 saturated carbocycles. The first-order valence-electron chi connectivity index (χ1n) is 10.2. The Morgan fingerprint density at radius 3 is 2.11 bits per heavy atom. The molecule has 0 bridgehead atoms. The molecule has 0 N–H and O–H groups in total. The Labute approximate surface area is 171 Å². The van der Waals surface area contributed by atoms with Gasteiger partial charge in [0.2, 0.25) is 0 Å². The van der Waals surface area contributed by atoms with E-state index < -0.39 is 7.77 Å². The van der Waals surface area contributed by atoms with Gasteiger partial charge < -0.3 is 14.4 Å². The van der Waals surface area contributed by atoms with Gasteiger partial charge in [-0.15, -0.1) is 0 Å². The molecule has 0 radical (unpaired) electrons. The van der Waals surface area contributed by atoms with Crippen LogP contribution in [0.4, 0.5) is 0 Å². The molecule has 0 aliphatic rings. The van der Waals surface area contributed by atoms with E-state index in [2.05, 4.69) is 46.8 Å². The maximum Gasteiger partial charge on any atom is 0.186 e. The SMILES string of the molecule is CCCCOc1ccc([P+]([O-])=Cc2c(C)cc(C)cc2C)c(OCCCC)c1. The Bertz CT molecular complexity index is 788. The molecule has 0 aromatic heterocycles. The third-order valence-electron chi connectivity index (χ3n) is 4.68. The van der Waals surface area contributed by atoms with Gasteiger partial charge in [-0.1, -0.05) is 44.4 Å². The molecule has 0 spiro atoms. The molecule has 3 nitrogen and oxygen atoms in total. The Morgan fingerprint density at radius 2 is 1.50 bits per heavy atom. The summed E-state index contributed by atoms with van der Waals surface area (Å²) in [5.74, 6) is 3.32. The fraction of sp³-hybridized carbons (Fsp3) is 0.458. The minimum atomic E-state index is -1.72. The van der Waals surface area contributed by atoms with E-state index in [1.165, 1.54) is 5.56 Å². The number of unbranched alkanes of at least 4 members (excludes halogenated alkanes) is 2. The van der Waals surface area contributed by atoms with Crippen LogP contribution in [0.3, 0.4) is 0 Å². The first-order chi connectivity index (χ1) is 13.5. The van der Waals surface area contributed by atoms with Gasteiger partial charge in [0.1, 0.15) is 11.5 Å². The molecule has 0 amide bonds. The van der Waals surface area contributed by atoms with Crippen LogP contribution in [0, 0.1) is 20.8 Å². The quantitative estimate of drug-likeness (QED) is 0.406. The molecular formula is C24H33O3P. The van der Waals surface area contributed by atoms with Gasteiger partial charge in [-0.3, -0.25) is 0 Å². The number of hydrogen-bond acceptors (Lipinski definition) is 3. The van der Waals surface area contributed by atoms with Gasteiger partial charge in [-0.25, -0.2) is 0 Å². The molecule has 1 atom stereocenters. The standard InChI is InChI=1S/C24H33O3P/c1-6-8-12-26-21-10-11-24(23(16-21)27-13-9-7-2)28(25)17-22-19(4)14-18(3)15-20(22)5/h10-11,14-17H,6-9,12-13H2,1-5H3. The van der Waals surface area contributed by atoms with Crippen molar-refractivity contribution in [2.24, 2.45) is 0 Å². The normalized spacial score (nSPS) is 11.6. The number of benzene rings is 2. The first kappa shape index (κ1) is 22.5. The summed E-state index contributed by atoms with van der Waals surface area (Å²) in [6.45, 7) is 11.8. The summed E-state index contributed by atoms with van der Waals surface area (Å²) in [6.07, 6.45) is 4.13. The molecule has 0 heterocycles. The molecule has 0 fully saturated rings. The summed E-state index contributed by atoms with van der Waals surface area (Å²) < 4.78 is 11.8. The maximum absolute atomic E-state index is 13.2. The highest BCUT2D eigenvalue weighted by atomic mass is 31.1. The Morgan fingerprint density at radius 1 is 0.893 bits per heavy atom. The molecule has 2 aromatic carbocycles. The highest BCUT2D eigenvalue weighted by Crippen LogP contribution is 2.27. The van der Waals surface area contributed by atoms with Crippen LogP contribution < -0.4 is 19.7 Å². The first-order valence-corrected chi connectivity index (χ1v) is 11.6. The van der Waals surface area contributed by atoms with Crippen molar-refractivity contribution >= 4 is 18.9 Å². The zero-order valence-electron chi connectivity index (χ0n) is 17.9. The highest BCUT2D eigenvalue weighted by molar-refractivity contribution is 7.58. The second-order valence-electron chi connectivity index (χ2n) is 7.30. The molecule has 4 heteroatoms. The maximum atomic E-state index is 13.2. The van der Waals surface area contributed by atoms with Crippen molar-refractivity contribution in [1.29, 1.82) is 0 Å². The molecule has 2 rings (SSSR count). The summed E-state index contributed by atoms with van der Waals surface area (Å²) >= 11 is 0. The molecule has 28 heavy (non-hydrogen) atoms. The Hall–Kier alpha value is -1.83. The molecule has 2 aromatic rings. The predicted molar refractivity (Wildman–Crippen MR) is 120 cm³/mol. The average Bonchev–Trinajstić information content (AvgIpc) is 2.65. The lowest BCUT2D eigenvalue weighted by Gasteiger charge is -2.12. The Kier molecular flexibility index (Phi) is 9.02. The molecule has 0 aliphatic carbocycles. The fourth-order valence-corrected chi connectivity index (χ4v) is 4.47. The van der Waals surface area contributed by atoms with Crippen LogP contribution in [-0.2, 0) is 0 Å². The van der Waals surface area contributed by atoms with Crippen molar-refractivity contribution < 1.29 is 14.4 Å². The molecule has 1 unspecified atom stereocenters. The van der Waals surface area contributed by atoms with Gasteiger partial charge >= 0.3 is 0 Å². The summed E-state index contributed by atoms with van der Waals surface area (Å²) in [4.78, 5) is 13.2. The van der Waals surface area contributed by atoms with Crippen LogP contribution in [0.5, 0.6) is 11.5 Å². The van der Waals surface area contributed by atoms with Gasteiger partial charge in [0.15, 0.2) is 11.1 Å². The smallest absolute Gasteiger partial charge is 0.186 e. The summed E-state index contributed by atoms with van der Waals surface area (Å²) in [7, 11) is -1.72. The third-order valence-corrected chi connectivity index (χ3v) is 6.01. The topological polar surface area (TPSA) is 41.5 Å². The zero-order chi connectivity index (χ0) is 20.5. The van der Waals surface area contributed by atoms with Gasteiger partial charge in [-0.05, 0) is 56.9 Å². The lowest BCUT2D eigenvalue weighted by Crippen LogP contribution is -2.13. The minimum absolute atomic E-state index is 0.619. The van der Waals surface area contributed by atoms with E-state index in [4.69, 9.17) is 9.47 Å². The molecule has 0 aliphatic heterocycles. The van der Waals surface area contributed by atoms with E-state index in [-0.39, 0.29) is 0 Å². The average molecular weight is 400 g/mol. The van der Waals surface area contributed by atoms with Crippen molar-refractivity contribution in [2.75, 3.05) is 13.2 Å². The van der Waals surface area contributed by atoms with Gasteiger partial charge in [0.05, 0.1) is 21.0 Å². The van der Waals surface area contributed by atoms with Crippen LogP contribution in [0.25, 0.3) is 0 Å². The molecule has 152 valence electrons. The second-order valence-corrected chi connectivity index (χ2v) is 8.69. The van der Waals surface area contributed by atoms with E-state index in [1.807, 2.05) is 24.0 Å². The van der Waals surface area contributed by atoms with E-state index >= 15 is 0 Å². The summed E-state index contributed by atoms with van der Waals surface area (Å²) in [6, 6.07) is 9.93. The number of hydrogen-bond donors (Lipinski definition) is 0. The van der Waals surface area contributed by atoms with Crippen molar-refractivity contribution in [3.05, 3.63) is 52.6 Å². The van der Waals surface area contributed by atoms with Crippen molar-refractivity contribution in [3.8, 4) is 11.5 Å². The second kappa shape index (κ2) is 11.2. The molecular weight excluding hydrogens is 367 g/mol. The lowest BCUT2D eigenvalue weighted by atomic mass is 10.0. The number of aryl methyl sites for hydroxylation is 3. The van der Waals surface area contributed by atoms with E-state index in [0.29, 0.717) is 19.0 Å². The van der Waals surface area contributed by atoms with Crippen LogP contribution >= 0.6 is 7.77 Å². The number of ether oxygens (including phenoxy) is 2. The minimum Gasteiger partial charge on any atom is -0.626 e. The van der Waals surface area contributed by atoms with Crippen LogP contribution in [0.1, 0.15) is 61.8 Å². The van der Waals surface area contributed by atoms with Crippen LogP contribution in [0.15, 0.2) is 30.3 Å². The van der Waals surface area contributed by atoms with Gasteiger partial charge in [0.25, 0.3) is 0 Å². The third kappa shape index (κ3) is 6.36. The molecule has 0 saturated heterocycles. The summed E-state index contributed by atoms with van der Waals surface area (Å²) in [5.41, 5.74) is 4.57. The highest BCUT2D eigenvalue weighted by Gasteiger charge is 2.16. The van der Waals surface area contributed by atoms with Crippen molar-refractivity contribution in [3.63, 3.8) is 0 Å².